The van der Waals surface area contributed by atoms with Crippen molar-refractivity contribution in [3.05, 3.63) is 46.0 Å². The van der Waals surface area contributed by atoms with Crippen LogP contribution in [-0.4, -0.2) is 48.6 Å². The van der Waals surface area contributed by atoms with E-state index in [1.54, 1.807) is 24.3 Å². The molecule has 8 heteroatoms. The van der Waals surface area contributed by atoms with Gasteiger partial charge in [0.1, 0.15) is 0 Å². The Balaban J connectivity index is 1.79. The molecule has 28 heavy (non-hydrogen) atoms. The van der Waals surface area contributed by atoms with Gasteiger partial charge < -0.3 is 15.0 Å². The minimum atomic E-state index is -0.444. The number of allylic oxidation sites excluding steroid dienone is 1. The van der Waals surface area contributed by atoms with Crippen molar-refractivity contribution in [2.45, 2.75) is 25.2 Å². The van der Waals surface area contributed by atoms with Gasteiger partial charge >= 0.3 is 5.97 Å². The van der Waals surface area contributed by atoms with Crippen LogP contribution in [0.15, 0.2) is 34.9 Å². The normalized spacial score (nSPS) is 19.2. The molecule has 1 aromatic carbocycles. The van der Waals surface area contributed by atoms with Gasteiger partial charge in [0, 0.05) is 25.4 Å². The molecule has 1 saturated heterocycles. The van der Waals surface area contributed by atoms with Gasteiger partial charge in [-0.15, -0.1) is 0 Å². The highest BCUT2D eigenvalue weighted by Crippen LogP contribution is 2.36. The molecule has 2 aliphatic rings. The van der Waals surface area contributed by atoms with Crippen LogP contribution < -0.4 is 5.32 Å². The second-order valence-corrected chi connectivity index (χ2v) is 7.64. The second kappa shape index (κ2) is 8.93. The van der Waals surface area contributed by atoms with E-state index in [4.69, 9.17) is 4.74 Å². The molecule has 1 N–H and O–H groups in total. The average molecular weight is 399 g/mol. The maximum atomic E-state index is 12.3. The highest BCUT2D eigenvalue weighted by atomic mass is 32.2. The first-order valence-electron chi connectivity index (χ1n) is 9.06. The fraction of sp³-hybridized carbons (Fsp3) is 0.400. The number of amides is 2. The number of hydrogen-bond donors (Lipinski definition) is 1. The van der Waals surface area contributed by atoms with Crippen LogP contribution in [0.25, 0.3) is 0 Å². The van der Waals surface area contributed by atoms with Crippen molar-refractivity contribution in [3.63, 3.8) is 0 Å². The summed E-state index contributed by atoms with van der Waals surface area (Å²) in [5.41, 5.74) is 1.60. The number of esters is 1. The molecule has 2 aliphatic heterocycles. The van der Waals surface area contributed by atoms with Crippen molar-refractivity contribution < 1.29 is 19.1 Å². The average Bonchev–Trinajstić information content (AvgIpc) is 3.26. The lowest BCUT2D eigenvalue weighted by atomic mass is 9.87. The summed E-state index contributed by atoms with van der Waals surface area (Å²) in [5, 5.41) is 12.9. The minimum Gasteiger partial charge on any atom is -0.465 e. The molecule has 0 bridgehead atoms. The molecule has 7 nitrogen and oxygen atoms in total. The summed E-state index contributed by atoms with van der Waals surface area (Å²) in [5.74, 6) is -0.840. The smallest absolute Gasteiger partial charge is 0.337 e. The van der Waals surface area contributed by atoms with Gasteiger partial charge in [-0.2, -0.15) is 5.26 Å². The molecule has 0 aromatic heterocycles. The molecular weight excluding hydrogens is 378 g/mol. The van der Waals surface area contributed by atoms with Crippen molar-refractivity contribution in [2.24, 2.45) is 0 Å². The van der Waals surface area contributed by atoms with Crippen LogP contribution in [0, 0.1) is 11.3 Å². The van der Waals surface area contributed by atoms with Crippen LogP contribution in [0.4, 0.5) is 0 Å². The lowest BCUT2D eigenvalue weighted by Crippen LogP contribution is -2.33. The lowest BCUT2D eigenvalue weighted by Gasteiger charge is -2.25. The zero-order valence-corrected chi connectivity index (χ0v) is 16.4. The molecule has 1 fully saturated rings. The Labute approximate surface area is 167 Å². The summed E-state index contributed by atoms with van der Waals surface area (Å²) in [4.78, 5) is 37.9. The molecule has 1 aromatic rings. The SMILES string of the molecule is COC(=O)c1ccc([C@H]2CC(=O)NC(SCC(=O)N3CCCC3)=C2C#N)cc1. The number of carbonyl (C=O) groups excluding carboxylic acids is 3. The molecule has 2 heterocycles. The highest BCUT2D eigenvalue weighted by Gasteiger charge is 2.30. The predicted molar refractivity (Wildman–Crippen MR) is 104 cm³/mol. The molecule has 1 atom stereocenters. The molecule has 0 unspecified atom stereocenters. The molecule has 0 aliphatic carbocycles. The van der Waals surface area contributed by atoms with Crippen LogP contribution in [0.2, 0.25) is 0 Å². The number of rotatable bonds is 5. The first-order chi connectivity index (χ1) is 13.5. The van der Waals surface area contributed by atoms with E-state index in [9.17, 15) is 19.6 Å². The summed E-state index contributed by atoms with van der Waals surface area (Å²) >= 11 is 1.20. The van der Waals surface area contributed by atoms with E-state index >= 15 is 0 Å². The minimum absolute atomic E-state index is 0.0195. The van der Waals surface area contributed by atoms with E-state index in [-0.39, 0.29) is 24.0 Å². The summed E-state index contributed by atoms with van der Waals surface area (Å²) < 4.78 is 4.69. The molecule has 2 amide bonds. The highest BCUT2D eigenvalue weighted by molar-refractivity contribution is 8.03. The van der Waals surface area contributed by atoms with Crippen LogP contribution in [0.1, 0.15) is 41.1 Å². The van der Waals surface area contributed by atoms with Gasteiger partial charge in [-0.1, -0.05) is 23.9 Å². The molecule has 0 radical (unpaired) electrons. The maximum Gasteiger partial charge on any atom is 0.337 e. The number of hydrogen-bond acceptors (Lipinski definition) is 6. The quantitative estimate of drug-likeness (QED) is 0.762. The Morgan fingerprint density at radius 1 is 1.29 bits per heavy atom. The molecule has 3 rings (SSSR count). The van der Waals surface area contributed by atoms with Gasteiger partial charge in [-0.3, -0.25) is 9.59 Å². The third-order valence-electron chi connectivity index (χ3n) is 4.89. The molecule has 0 spiro atoms. The standard InChI is InChI=1S/C20H21N3O4S/c1-27-20(26)14-6-4-13(5-7-14)15-10-17(24)22-19(16(15)11-21)28-12-18(25)23-8-2-3-9-23/h4-7,15H,2-3,8-10,12H2,1H3,(H,22,24)/t15-/m1/s1. The zero-order valence-electron chi connectivity index (χ0n) is 15.6. The van der Waals surface area contributed by atoms with E-state index < -0.39 is 11.9 Å². The largest absolute Gasteiger partial charge is 0.465 e. The number of nitrogens with zero attached hydrogens (tertiary/aromatic N) is 2. The monoisotopic (exact) mass is 399 g/mol. The summed E-state index contributed by atoms with van der Waals surface area (Å²) in [6, 6.07) is 8.88. The van der Waals surface area contributed by atoms with Gasteiger partial charge in [0.15, 0.2) is 0 Å². The summed E-state index contributed by atoms with van der Waals surface area (Å²) in [6.07, 6.45) is 2.18. The third-order valence-corrected chi connectivity index (χ3v) is 5.89. The molecular formula is C20H21N3O4S. The number of benzene rings is 1. The van der Waals surface area contributed by atoms with E-state index in [1.165, 1.54) is 18.9 Å². The van der Waals surface area contributed by atoms with Crippen molar-refractivity contribution in [2.75, 3.05) is 26.0 Å². The van der Waals surface area contributed by atoms with E-state index in [2.05, 4.69) is 11.4 Å². The summed E-state index contributed by atoms with van der Waals surface area (Å²) in [7, 11) is 1.31. The lowest BCUT2D eigenvalue weighted by molar-refractivity contribution is -0.127. The Bertz CT molecular complexity index is 851. The van der Waals surface area contributed by atoms with Gasteiger partial charge in [0.2, 0.25) is 11.8 Å². The van der Waals surface area contributed by atoms with Crippen molar-refractivity contribution in [1.29, 1.82) is 5.26 Å². The number of ether oxygens (including phenoxy) is 1. The maximum absolute atomic E-state index is 12.3. The molecule has 146 valence electrons. The van der Waals surface area contributed by atoms with E-state index in [0.717, 1.165) is 31.5 Å². The number of thioether (sulfide) groups is 1. The summed E-state index contributed by atoms with van der Waals surface area (Å²) in [6.45, 7) is 1.54. The van der Waals surface area contributed by atoms with E-state index in [0.29, 0.717) is 16.2 Å². The van der Waals surface area contributed by atoms with E-state index in [1.807, 2.05) is 4.90 Å². The Morgan fingerprint density at radius 2 is 1.96 bits per heavy atom. The van der Waals surface area contributed by atoms with Crippen LogP contribution in [0.5, 0.6) is 0 Å². The van der Waals surface area contributed by atoms with Crippen molar-refractivity contribution in [3.8, 4) is 6.07 Å². The Morgan fingerprint density at radius 3 is 2.57 bits per heavy atom. The van der Waals surface area contributed by atoms with Crippen molar-refractivity contribution >= 4 is 29.5 Å². The fourth-order valence-electron chi connectivity index (χ4n) is 3.38. The number of carbonyl (C=O) groups is 3. The number of likely N-dealkylation sites (tertiary alicyclic amines) is 1. The fourth-order valence-corrected chi connectivity index (χ4v) is 4.36. The Hall–Kier alpha value is -2.79. The second-order valence-electron chi connectivity index (χ2n) is 6.65. The van der Waals surface area contributed by atoms with Gasteiger partial charge in [-0.25, -0.2) is 4.79 Å². The first-order valence-corrected chi connectivity index (χ1v) is 10.0. The van der Waals surface area contributed by atoms with Gasteiger partial charge in [0.05, 0.1) is 35.1 Å². The van der Waals surface area contributed by atoms with Crippen LogP contribution in [0.3, 0.4) is 0 Å². The zero-order chi connectivity index (χ0) is 20.1. The molecule has 0 saturated carbocycles. The van der Waals surface area contributed by atoms with Crippen LogP contribution in [-0.2, 0) is 14.3 Å². The predicted octanol–water partition coefficient (Wildman–Crippen LogP) is 2.17. The van der Waals surface area contributed by atoms with Gasteiger partial charge in [-0.05, 0) is 30.5 Å². The topological polar surface area (TPSA) is 99.5 Å². The Kier molecular flexibility index (Phi) is 6.37. The van der Waals surface area contributed by atoms with Crippen LogP contribution >= 0.6 is 11.8 Å². The first kappa shape index (κ1) is 20.0. The van der Waals surface area contributed by atoms with Crippen molar-refractivity contribution in [1.82, 2.24) is 10.2 Å². The number of nitriles is 1. The third kappa shape index (κ3) is 4.37. The van der Waals surface area contributed by atoms with Gasteiger partial charge in [0.25, 0.3) is 0 Å². The number of methoxy groups -OCH3 is 1. The number of nitrogens with one attached hydrogen (secondary N) is 1.